The van der Waals surface area contributed by atoms with E-state index in [2.05, 4.69) is 48.2 Å². The SMILES string of the molecule is Cc1ccc(CN(CCC(=O)O)Cc2ccccc2)cc1. The van der Waals surface area contributed by atoms with Gasteiger partial charge in [-0.25, -0.2) is 0 Å². The number of carboxylic acids is 1. The Bertz CT molecular complexity index is 564. The highest BCUT2D eigenvalue weighted by Crippen LogP contribution is 2.11. The normalized spacial score (nSPS) is 10.8. The minimum Gasteiger partial charge on any atom is -0.481 e. The van der Waals surface area contributed by atoms with Crippen molar-refractivity contribution in [2.75, 3.05) is 6.54 Å². The molecule has 0 amide bonds. The maximum atomic E-state index is 10.8. The second kappa shape index (κ2) is 7.60. The Labute approximate surface area is 125 Å². The van der Waals surface area contributed by atoms with Crippen LogP contribution in [0.4, 0.5) is 0 Å². The van der Waals surface area contributed by atoms with Crippen LogP contribution < -0.4 is 0 Å². The molecule has 0 aromatic heterocycles. The molecule has 0 atom stereocenters. The van der Waals surface area contributed by atoms with Crippen LogP contribution in [0.3, 0.4) is 0 Å². The van der Waals surface area contributed by atoms with E-state index in [1.54, 1.807) is 0 Å². The number of aliphatic carboxylic acids is 1. The fourth-order valence-corrected chi connectivity index (χ4v) is 2.26. The van der Waals surface area contributed by atoms with Crippen molar-refractivity contribution in [3.05, 3.63) is 71.3 Å². The van der Waals surface area contributed by atoms with Gasteiger partial charge in [-0.2, -0.15) is 0 Å². The largest absolute Gasteiger partial charge is 0.481 e. The molecule has 0 spiro atoms. The molecule has 2 aromatic rings. The van der Waals surface area contributed by atoms with Gasteiger partial charge in [-0.05, 0) is 18.1 Å². The Balaban J connectivity index is 2.04. The fourth-order valence-electron chi connectivity index (χ4n) is 2.26. The highest BCUT2D eigenvalue weighted by Gasteiger charge is 2.09. The predicted molar refractivity (Wildman–Crippen MR) is 84.0 cm³/mol. The molecular weight excluding hydrogens is 262 g/mol. The van der Waals surface area contributed by atoms with Crippen LogP contribution in [0, 0.1) is 6.92 Å². The number of benzene rings is 2. The van der Waals surface area contributed by atoms with Crippen LogP contribution in [0.5, 0.6) is 0 Å². The number of hydrogen-bond donors (Lipinski definition) is 1. The summed E-state index contributed by atoms with van der Waals surface area (Å²) >= 11 is 0. The molecule has 0 unspecified atom stereocenters. The maximum absolute atomic E-state index is 10.8. The van der Waals surface area contributed by atoms with Crippen LogP contribution in [0.1, 0.15) is 23.1 Å². The Kier molecular flexibility index (Phi) is 5.52. The zero-order chi connectivity index (χ0) is 15.1. The van der Waals surface area contributed by atoms with E-state index < -0.39 is 5.97 Å². The average Bonchev–Trinajstić information content (AvgIpc) is 2.48. The highest BCUT2D eigenvalue weighted by molar-refractivity contribution is 5.66. The van der Waals surface area contributed by atoms with Gasteiger partial charge in [-0.1, -0.05) is 60.2 Å². The number of carbonyl (C=O) groups is 1. The van der Waals surface area contributed by atoms with E-state index in [-0.39, 0.29) is 6.42 Å². The summed E-state index contributed by atoms with van der Waals surface area (Å²) in [4.78, 5) is 13.0. The molecule has 2 rings (SSSR count). The predicted octanol–water partition coefficient (Wildman–Crippen LogP) is 3.47. The van der Waals surface area contributed by atoms with Crippen molar-refractivity contribution in [3.8, 4) is 0 Å². The van der Waals surface area contributed by atoms with Gasteiger partial charge in [0.25, 0.3) is 0 Å². The van der Waals surface area contributed by atoms with Gasteiger partial charge >= 0.3 is 5.97 Å². The molecule has 0 aliphatic rings. The summed E-state index contributed by atoms with van der Waals surface area (Å²) in [5.74, 6) is -0.753. The minimum absolute atomic E-state index is 0.165. The molecule has 1 N–H and O–H groups in total. The van der Waals surface area contributed by atoms with E-state index in [0.717, 1.165) is 13.1 Å². The molecule has 0 fully saturated rings. The maximum Gasteiger partial charge on any atom is 0.304 e. The van der Waals surface area contributed by atoms with Gasteiger partial charge in [-0.3, -0.25) is 9.69 Å². The molecule has 0 bridgehead atoms. The summed E-state index contributed by atoms with van der Waals surface area (Å²) in [7, 11) is 0. The summed E-state index contributed by atoms with van der Waals surface area (Å²) in [5, 5.41) is 8.90. The van der Waals surface area contributed by atoms with Gasteiger partial charge in [0.05, 0.1) is 6.42 Å². The Morgan fingerprint density at radius 3 is 2.10 bits per heavy atom. The first kappa shape index (κ1) is 15.3. The fraction of sp³-hybridized carbons (Fsp3) is 0.278. The molecule has 0 radical (unpaired) electrons. The number of carboxylic acid groups (broad SMARTS) is 1. The number of aryl methyl sites for hydroxylation is 1. The molecule has 0 saturated carbocycles. The van der Waals surface area contributed by atoms with Crippen molar-refractivity contribution in [1.82, 2.24) is 4.90 Å². The van der Waals surface area contributed by atoms with Gasteiger partial charge in [0.1, 0.15) is 0 Å². The molecule has 0 saturated heterocycles. The Morgan fingerprint density at radius 1 is 0.952 bits per heavy atom. The quantitative estimate of drug-likeness (QED) is 0.846. The average molecular weight is 283 g/mol. The van der Waals surface area contributed by atoms with Crippen molar-refractivity contribution in [1.29, 1.82) is 0 Å². The summed E-state index contributed by atoms with van der Waals surface area (Å²) in [6.07, 6.45) is 0.165. The molecule has 110 valence electrons. The minimum atomic E-state index is -0.753. The Hall–Kier alpha value is -2.13. The third kappa shape index (κ3) is 5.40. The lowest BCUT2D eigenvalue weighted by atomic mass is 10.1. The monoisotopic (exact) mass is 283 g/mol. The number of nitrogens with zero attached hydrogens (tertiary/aromatic N) is 1. The van der Waals surface area contributed by atoms with Gasteiger partial charge < -0.3 is 5.11 Å². The first-order chi connectivity index (χ1) is 10.1. The highest BCUT2D eigenvalue weighted by atomic mass is 16.4. The van der Waals surface area contributed by atoms with Crippen molar-refractivity contribution in [3.63, 3.8) is 0 Å². The molecular formula is C18H21NO2. The molecule has 0 aliphatic heterocycles. The summed E-state index contributed by atoms with van der Waals surface area (Å²) < 4.78 is 0. The lowest BCUT2D eigenvalue weighted by molar-refractivity contribution is -0.137. The van der Waals surface area contributed by atoms with E-state index >= 15 is 0 Å². The second-order valence-electron chi connectivity index (χ2n) is 5.33. The van der Waals surface area contributed by atoms with Gasteiger partial charge in [0.2, 0.25) is 0 Å². The van der Waals surface area contributed by atoms with E-state index in [1.807, 2.05) is 18.2 Å². The van der Waals surface area contributed by atoms with Crippen molar-refractivity contribution < 1.29 is 9.90 Å². The van der Waals surface area contributed by atoms with Crippen LogP contribution in [0.25, 0.3) is 0 Å². The van der Waals surface area contributed by atoms with Crippen molar-refractivity contribution in [2.24, 2.45) is 0 Å². The summed E-state index contributed by atoms with van der Waals surface area (Å²) in [6.45, 7) is 4.15. The van der Waals surface area contributed by atoms with Crippen LogP contribution >= 0.6 is 0 Å². The third-order valence-corrected chi connectivity index (χ3v) is 3.42. The summed E-state index contributed by atoms with van der Waals surface area (Å²) in [5.41, 5.74) is 3.65. The standard InChI is InChI=1S/C18H21NO2/c1-15-7-9-17(10-8-15)14-19(12-11-18(20)21)13-16-5-3-2-4-6-16/h2-10H,11-14H2,1H3,(H,20,21). The first-order valence-corrected chi connectivity index (χ1v) is 7.17. The smallest absolute Gasteiger partial charge is 0.304 e. The van der Waals surface area contributed by atoms with Crippen LogP contribution in [0.2, 0.25) is 0 Å². The third-order valence-electron chi connectivity index (χ3n) is 3.42. The first-order valence-electron chi connectivity index (χ1n) is 7.17. The molecule has 2 aromatic carbocycles. The zero-order valence-electron chi connectivity index (χ0n) is 12.3. The van der Waals surface area contributed by atoms with Crippen LogP contribution in [-0.2, 0) is 17.9 Å². The van der Waals surface area contributed by atoms with E-state index in [0.29, 0.717) is 6.54 Å². The Morgan fingerprint density at radius 2 is 1.52 bits per heavy atom. The lowest BCUT2D eigenvalue weighted by Crippen LogP contribution is -2.25. The molecule has 0 heterocycles. The van der Waals surface area contributed by atoms with Gasteiger partial charge in [-0.15, -0.1) is 0 Å². The van der Waals surface area contributed by atoms with E-state index in [1.165, 1.54) is 16.7 Å². The van der Waals surface area contributed by atoms with Crippen molar-refractivity contribution >= 4 is 5.97 Å². The van der Waals surface area contributed by atoms with Gasteiger partial charge in [0, 0.05) is 19.6 Å². The van der Waals surface area contributed by atoms with Gasteiger partial charge in [0.15, 0.2) is 0 Å². The van der Waals surface area contributed by atoms with Crippen molar-refractivity contribution in [2.45, 2.75) is 26.4 Å². The molecule has 3 nitrogen and oxygen atoms in total. The summed E-state index contributed by atoms with van der Waals surface area (Å²) in [6, 6.07) is 18.5. The second-order valence-corrected chi connectivity index (χ2v) is 5.33. The lowest BCUT2D eigenvalue weighted by Gasteiger charge is -2.22. The number of rotatable bonds is 7. The molecule has 3 heteroatoms. The topological polar surface area (TPSA) is 40.5 Å². The number of hydrogen-bond acceptors (Lipinski definition) is 2. The zero-order valence-corrected chi connectivity index (χ0v) is 12.3. The van der Waals surface area contributed by atoms with E-state index in [4.69, 9.17) is 5.11 Å². The van der Waals surface area contributed by atoms with Crippen LogP contribution in [-0.4, -0.2) is 22.5 Å². The van der Waals surface area contributed by atoms with Crippen LogP contribution in [0.15, 0.2) is 54.6 Å². The molecule has 21 heavy (non-hydrogen) atoms. The van der Waals surface area contributed by atoms with E-state index in [9.17, 15) is 4.79 Å². The molecule has 0 aliphatic carbocycles.